The number of halogens is 1. The molecule has 0 saturated heterocycles. The monoisotopic (exact) mass is 447 g/mol. The standard InChI is InChI=1S/C27H26ClNO3/c1-3-29(4-2)16-17-31-22-13-10-19(11-14-22)26(30)25-23-18-21(28)12-15-24(23)32-27(25)20-8-6-5-7-9-20/h5-15,18H,3-4,16-17H2,1-2H3. The molecule has 0 fully saturated rings. The molecule has 32 heavy (non-hydrogen) atoms. The lowest BCUT2D eigenvalue weighted by Gasteiger charge is -2.18. The van der Waals surface area contributed by atoms with Gasteiger partial charge in [0.2, 0.25) is 0 Å². The first kappa shape index (κ1) is 22.1. The number of carbonyl (C=O) groups excluding carboxylic acids is 1. The molecule has 1 heterocycles. The van der Waals surface area contributed by atoms with Crippen LogP contribution in [0.4, 0.5) is 0 Å². The highest BCUT2D eigenvalue weighted by Gasteiger charge is 2.23. The zero-order chi connectivity index (χ0) is 22.5. The zero-order valence-electron chi connectivity index (χ0n) is 18.3. The summed E-state index contributed by atoms with van der Waals surface area (Å²) >= 11 is 6.24. The van der Waals surface area contributed by atoms with Gasteiger partial charge >= 0.3 is 0 Å². The number of ether oxygens (including phenoxy) is 1. The van der Waals surface area contributed by atoms with Crippen molar-refractivity contribution in [3.63, 3.8) is 0 Å². The Balaban J connectivity index is 1.63. The van der Waals surface area contributed by atoms with E-state index in [1.807, 2.05) is 42.5 Å². The number of ketones is 1. The Labute approximate surface area is 193 Å². The molecule has 164 valence electrons. The van der Waals surface area contributed by atoms with Crippen LogP contribution in [0.1, 0.15) is 29.8 Å². The van der Waals surface area contributed by atoms with Crippen molar-refractivity contribution in [2.75, 3.05) is 26.2 Å². The number of hydrogen-bond donors (Lipinski definition) is 0. The second-order valence-corrected chi connectivity index (χ2v) is 7.98. The number of rotatable bonds is 9. The molecule has 3 aromatic carbocycles. The predicted molar refractivity (Wildman–Crippen MR) is 130 cm³/mol. The summed E-state index contributed by atoms with van der Waals surface area (Å²) in [6.07, 6.45) is 0. The van der Waals surface area contributed by atoms with Crippen LogP contribution in [0, 0.1) is 0 Å². The minimum atomic E-state index is -0.112. The summed E-state index contributed by atoms with van der Waals surface area (Å²) in [6, 6.07) is 22.3. The number of carbonyl (C=O) groups is 1. The maximum Gasteiger partial charge on any atom is 0.197 e. The SMILES string of the molecule is CCN(CC)CCOc1ccc(C(=O)c2c(-c3ccccc3)oc3ccc(Cl)cc23)cc1. The van der Waals surface area contributed by atoms with Gasteiger partial charge in [0.25, 0.3) is 0 Å². The van der Waals surface area contributed by atoms with Crippen LogP contribution in [0.5, 0.6) is 5.75 Å². The van der Waals surface area contributed by atoms with E-state index in [-0.39, 0.29) is 5.78 Å². The Morgan fingerprint density at radius 2 is 1.69 bits per heavy atom. The van der Waals surface area contributed by atoms with Crippen molar-refractivity contribution >= 4 is 28.4 Å². The van der Waals surface area contributed by atoms with Gasteiger partial charge in [-0.3, -0.25) is 4.79 Å². The van der Waals surface area contributed by atoms with Gasteiger partial charge in [-0.2, -0.15) is 0 Å². The smallest absolute Gasteiger partial charge is 0.197 e. The molecular formula is C27H26ClNO3. The normalized spacial score (nSPS) is 11.2. The third kappa shape index (κ3) is 4.72. The van der Waals surface area contributed by atoms with Crippen LogP contribution in [-0.2, 0) is 0 Å². The summed E-state index contributed by atoms with van der Waals surface area (Å²) in [7, 11) is 0. The van der Waals surface area contributed by atoms with Crippen LogP contribution in [0.2, 0.25) is 5.02 Å². The number of benzene rings is 3. The highest BCUT2D eigenvalue weighted by Crippen LogP contribution is 2.36. The molecular weight excluding hydrogens is 422 g/mol. The van der Waals surface area contributed by atoms with Crippen molar-refractivity contribution in [1.29, 1.82) is 0 Å². The topological polar surface area (TPSA) is 42.7 Å². The fourth-order valence-corrected chi connectivity index (χ4v) is 3.94. The largest absolute Gasteiger partial charge is 0.492 e. The fourth-order valence-electron chi connectivity index (χ4n) is 3.77. The lowest BCUT2D eigenvalue weighted by atomic mass is 9.97. The van der Waals surface area contributed by atoms with Gasteiger partial charge in [0.15, 0.2) is 5.78 Å². The first-order valence-electron chi connectivity index (χ1n) is 10.9. The van der Waals surface area contributed by atoms with Crippen LogP contribution in [0.25, 0.3) is 22.3 Å². The average Bonchev–Trinajstić information content (AvgIpc) is 3.21. The lowest BCUT2D eigenvalue weighted by molar-refractivity contribution is 0.104. The quantitative estimate of drug-likeness (QED) is 0.267. The molecule has 0 amide bonds. The van der Waals surface area contributed by atoms with Crippen molar-refractivity contribution in [2.45, 2.75) is 13.8 Å². The maximum atomic E-state index is 13.6. The third-order valence-corrected chi connectivity index (χ3v) is 5.84. The summed E-state index contributed by atoms with van der Waals surface area (Å²) in [6.45, 7) is 7.76. The Morgan fingerprint density at radius 1 is 0.969 bits per heavy atom. The number of hydrogen-bond acceptors (Lipinski definition) is 4. The molecule has 0 aliphatic rings. The fraction of sp³-hybridized carbons (Fsp3) is 0.222. The van der Waals surface area contributed by atoms with E-state index < -0.39 is 0 Å². The Morgan fingerprint density at radius 3 is 2.38 bits per heavy atom. The van der Waals surface area contributed by atoms with Crippen LogP contribution in [0.15, 0.2) is 77.2 Å². The molecule has 0 saturated carbocycles. The highest BCUT2D eigenvalue weighted by atomic mass is 35.5. The van der Waals surface area contributed by atoms with Crippen molar-refractivity contribution in [3.05, 3.63) is 88.9 Å². The van der Waals surface area contributed by atoms with Gasteiger partial charge in [-0.25, -0.2) is 0 Å². The Kier molecular flexibility index (Phi) is 6.93. The van der Waals surface area contributed by atoms with Gasteiger partial charge < -0.3 is 14.1 Å². The molecule has 0 bridgehead atoms. The Hall–Kier alpha value is -3.08. The number of furan rings is 1. The van der Waals surface area contributed by atoms with Gasteiger partial charge in [0.05, 0.1) is 5.56 Å². The number of fused-ring (bicyclic) bond motifs is 1. The van der Waals surface area contributed by atoms with Crippen LogP contribution in [0.3, 0.4) is 0 Å². The second-order valence-electron chi connectivity index (χ2n) is 7.54. The summed E-state index contributed by atoms with van der Waals surface area (Å²) < 4.78 is 12.0. The van der Waals surface area contributed by atoms with E-state index in [2.05, 4.69) is 18.7 Å². The van der Waals surface area contributed by atoms with Gasteiger partial charge in [0.1, 0.15) is 23.7 Å². The van der Waals surface area contributed by atoms with Gasteiger partial charge in [-0.05, 0) is 55.6 Å². The highest BCUT2D eigenvalue weighted by molar-refractivity contribution is 6.32. The maximum absolute atomic E-state index is 13.6. The molecule has 4 aromatic rings. The van der Waals surface area contributed by atoms with Gasteiger partial charge in [0, 0.05) is 28.1 Å². The van der Waals surface area contributed by atoms with Crippen molar-refractivity contribution in [3.8, 4) is 17.1 Å². The van der Waals surface area contributed by atoms with Gasteiger partial charge in [-0.1, -0.05) is 55.8 Å². The Bertz CT molecular complexity index is 1200. The van der Waals surface area contributed by atoms with E-state index in [0.29, 0.717) is 39.5 Å². The molecule has 0 atom stereocenters. The average molecular weight is 448 g/mol. The summed E-state index contributed by atoms with van der Waals surface area (Å²) in [5.41, 5.74) is 2.57. The van der Waals surface area contributed by atoms with E-state index in [1.54, 1.807) is 30.3 Å². The predicted octanol–water partition coefficient (Wildman–Crippen LogP) is 6.70. The first-order valence-corrected chi connectivity index (χ1v) is 11.3. The van der Waals surface area contributed by atoms with E-state index in [9.17, 15) is 4.79 Å². The molecule has 0 aliphatic carbocycles. The molecule has 0 N–H and O–H groups in total. The summed E-state index contributed by atoms with van der Waals surface area (Å²) in [5.74, 6) is 1.18. The molecule has 4 nitrogen and oxygen atoms in total. The van der Waals surface area contributed by atoms with E-state index in [0.717, 1.165) is 30.9 Å². The van der Waals surface area contributed by atoms with Gasteiger partial charge in [-0.15, -0.1) is 0 Å². The molecule has 1 aromatic heterocycles. The van der Waals surface area contributed by atoms with Crippen molar-refractivity contribution in [1.82, 2.24) is 4.90 Å². The summed E-state index contributed by atoms with van der Waals surface area (Å²) in [5, 5.41) is 1.27. The van der Waals surface area contributed by atoms with Crippen LogP contribution >= 0.6 is 11.6 Å². The van der Waals surface area contributed by atoms with E-state index >= 15 is 0 Å². The van der Waals surface area contributed by atoms with E-state index in [4.69, 9.17) is 20.8 Å². The zero-order valence-corrected chi connectivity index (χ0v) is 19.1. The van der Waals surface area contributed by atoms with Crippen LogP contribution in [-0.4, -0.2) is 36.9 Å². The molecule has 0 radical (unpaired) electrons. The molecule has 4 rings (SSSR count). The number of nitrogens with zero attached hydrogens (tertiary/aromatic N) is 1. The second kappa shape index (κ2) is 10.0. The third-order valence-electron chi connectivity index (χ3n) is 5.60. The molecule has 0 unspecified atom stereocenters. The molecule has 0 spiro atoms. The first-order chi connectivity index (χ1) is 15.6. The van der Waals surface area contributed by atoms with E-state index in [1.165, 1.54) is 0 Å². The molecule has 0 aliphatic heterocycles. The van der Waals surface area contributed by atoms with Crippen molar-refractivity contribution in [2.24, 2.45) is 0 Å². The minimum absolute atomic E-state index is 0.112. The van der Waals surface area contributed by atoms with Crippen molar-refractivity contribution < 1.29 is 13.9 Å². The molecule has 5 heteroatoms. The minimum Gasteiger partial charge on any atom is -0.492 e. The lowest BCUT2D eigenvalue weighted by Crippen LogP contribution is -2.27. The summed E-state index contributed by atoms with van der Waals surface area (Å²) in [4.78, 5) is 15.9. The van der Waals surface area contributed by atoms with Crippen LogP contribution < -0.4 is 4.74 Å². The number of likely N-dealkylation sites (N-methyl/N-ethyl adjacent to an activating group) is 1.